The Bertz CT molecular complexity index is 1030. The lowest BCUT2D eigenvalue weighted by Gasteiger charge is -2.40. The number of imide groups is 1. The Morgan fingerprint density at radius 1 is 1.07 bits per heavy atom. The van der Waals surface area contributed by atoms with E-state index in [4.69, 9.17) is 16.6 Å². The molecule has 4 rings (SSSR count). The number of benzene rings is 1. The van der Waals surface area contributed by atoms with Gasteiger partial charge in [-0.05, 0) is 36.6 Å². The molecule has 2 unspecified atom stereocenters. The van der Waals surface area contributed by atoms with Crippen molar-refractivity contribution in [3.63, 3.8) is 0 Å². The number of halogens is 1. The molecule has 9 heteroatoms. The molecule has 1 saturated heterocycles. The molecule has 3 amide bonds. The van der Waals surface area contributed by atoms with Crippen molar-refractivity contribution in [2.24, 2.45) is 4.99 Å². The number of rotatable bonds is 4. The van der Waals surface area contributed by atoms with E-state index in [-0.39, 0.29) is 18.5 Å². The van der Waals surface area contributed by atoms with Gasteiger partial charge in [0, 0.05) is 24.8 Å². The SMILES string of the molecule is CCc1cc(CC)n(C2=NC3C(C(=O)N(Cc4cccc(Cl)c4)C(=O)N3C)N2C)n1. The number of aliphatic imine (C=N–C) groups is 1. The van der Waals surface area contributed by atoms with Crippen LogP contribution in [0.1, 0.15) is 30.8 Å². The monoisotopic (exact) mass is 428 g/mol. The molecule has 30 heavy (non-hydrogen) atoms. The highest BCUT2D eigenvalue weighted by molar-refractivity contribution is 6.30. The van der Waals surface area contributed by atoms with Gasteiger partial charge in [-0.1, -0.05) is 37.6 Å². The lowest BCUT2D eigenvalue weighted by molar-refractivity contribution is -0.137. The summed E-state index contributed by atoms with van der Waals surface area (Å²) in [6, 6.07) is 8.27. The predicted octanol–water partition coefficient (Wildman–Crippen LogP) is 2.60. The van der Waals surface area contributed by atoms with E-state index in [2.05, 4.69) is 25.0 Å². The molecular weight excluding hydrogens is 404 g/mol. The number of nitrogens with zero attached hydrogens (tertiary/aromatic N) is 6. The molecule has 0 saturated carbocycles. The molecule has 0 bridgehead atoms. The summed E-state index contributed by atoms with van der Waals surface area (Å²) in [6.45, 7) is 4.27. The summed E-state index contributed by atoms with van der Waals surface area (Å²) in [5.41, 5.74) is 2.79. The van der Waals surface area contributed by atoms with Crippen LogP contribution in [0.4, 0.5) is 4.79 Å². The van der Waals surface area contributed by atoms with E-state index in [1.807, 2.05) is 18.0 Å². The van der Waals surface area contributed by atoms with Crippen LogP contribution in [0.15, 0.2) is 35.3 Å². The molecule has 0 N–H and O–H groups in total. The van der Waals surface area contributed by atoms with Crippen molar-refractivity contribution in [2.45, 2.75) is 45.4 Å². The minimum Gasteiger partial charge on any atom is -0.328 e. The van der Waals surface area contributed by atoms with Crippen LogP contribution in [0.3, 0.4) is 0 Å². The van der Waals surface area contributed by atoms with E-state index in [1.165, 1.54) is 9.80 Å². The van der Waals surface area contributed by atoms with Gasteiger partial charge in [-0.2, -0.15) is 5.10 Å². The van der Waals surface area contributed by atoms with Gasteiger partial charge in [-0.3, -0.25) is 9.69 Å². The van der Waals surface area contributed by atoms with Gasteiger partial charge in [0.1, 0.15) is 0 Å². The van der Waals surface area contributed by atoms with E-state index < -0.39 is 12.2 Å². The number of carbonyl (C=O) groups is 2. The number of hydrogen-bond donors (Lipinski definition) is 0. The van der Waals surface area contributed by atoms with Crippen molar-refractivity contribution in [1.82, 2.24) is 24.5 Å². The number of likely N-dealkylation sites (N-methyl/N-ethyl adjacent to an activating group) is 2. The third-order valence-corrected chi connectivity index (χ3v) is 5.92. The third kappa shape index (κ3) is 3.25. The summed E-state index contributed by atoms with van der Waals surface area (Å²) in [5, 5.41) is 5.22. The molecule has 0 radical (unpaired) electrons. The Hall–Kier alpha value is -2.87. The van der Waals surface area contributed by atoms with Crippen LogP contribution in [-0.4, -0.2) is 68.7 Å². The number of aryl methyl sites for hydroxylation is 2. The summed E-state index contributed by atoms with van der Waals surface area (Å²) in [5.74, 6) is 0.310. The maximum absolute atomic E-state index is 13.4. The van der Waals surface area contributed by atoms with Gasteiger partial charge < -0.3 is 9.80 Å². The van der Waals surface area contributed by atoms with Gasteiger partial charge in [0.25, 0.3) is 5.91 Å². The molecule has 158 valence electrons. The molecule has 2 atom stereocenters. The lowest BCUT2D eigenvalue weighted by Crippen LogP contribution is -2.64. The maximum Gasteiger partial charge on any atom is 0.328 e. The molecular formula is C21H25ClN6O2. The Morgan fingerprint density at radius 3 is 2.50 bits per heavy atom. The molecule has 8 nitrogen and oxygen atoms in total. The Kier molecular flexibility index (Phi) is 5.27. The smallest absolute Gasteiger partial charge is 0.328 e. The van der Waals surface area contributed by atoms with Gasteiger partial charge in [0.2, 0.25) is 5.96 Å². The second-order valence-corrected chi connectivity index (χ2v) is 8.03. The third-order valence-electron chi connectivity index (χ3n) is 5.69. The van der Waals surface area contributed by atoms with Crippen LogP contribution in [-0.2, 0) is 24.2 Å². The van der Waals surface area contributed by atoms with Gasteiger partial charge in [-0.15, -0.1) is 0 Å². The number of amides is 3. The minimum absolute atomic E-state index is 0.164. The number of fused-ring (bicyclic) bond motifs is 1. The van der Waals surface area contributed by atoms with E-state index in [0.29, 0.717) is 11.0 Å². The zero-order valence-electron chi connectivity index (χ0n) is 17.5. The lowest BCUT2D eigenvalue weighted by atomic mass is 10.1. The van der Waals surface area contributed by atoms with Crippen molar-refractivity contribution < 1.29 is 9.59 Å². The fourth-order valence-electron chi connectivity index (χ4n) is 3.99. The van der Waals surface area contributed by atoms with Crippen LogP contribution >= 0.6 is 11.6 Å². The molecule has 1 fully saturated rings. The number of carbonyl (C=O) groups excluding carboxylic acids is 2. The van der Waals surface area contributed by atoms with Crippen molar-refractivity contribution in [3.8, 4) is 0 Å². The van der Waals surface area contributed by atoms with Crippen molar-refractivity contribution in [3.05, 3.63) is 52.3 Å². The fourth-order valence-corrected chi connectivity index (χ4v) is 4.21. The Morgan fingerprint density at radius 2 is 1.83 bits per heavy atom. The first-order valence-corrected chi connectivity index (χ1v) is 10.4. The first kappa shape index (κ1) is 20.4. The maximum atomic E-state index is 13.4. The number of urea groups is 1. The number of aromatic nitrogens is 2. The highest BCUT2D eigenvalue weighted by Crippen LogP contribution is 2.29. The second kappa shape index (κ2) is 7.75. The quantitative estimate of drug-likeness (QED) is 0.750. The van der Waals surface area contributed by atoms with Crippen molar-refractivity contribution in [2.75, 3.05) is 14.1 Å². The molecule has 3 heterocycles. The number of hydrogen-bond acceptors (Lipinski definition) is 5. The zero-order chi connectivity index (χ0) is 21.6. The predicted molar refractivity (Wildman–Crippen MR) is 114 cm³/mol. The second-order valence-electron chi connectivity index (χ2n) is 7.59. The summed E-state index contributed by atoms with van der Waals surface area (Å²) in [6.07, 6.45) is 1.02. The molecule has 2 aliphatic rings. The molecule has 0 spiro atoms. The molecule has 2 aliphatic heterocycles. The summed E-state index contributed by atoms with van der Waals surface area (Å²) in [4.78, 5) is 35.7. The van der Waals surface area contributed by atoms with Crippen LogP contribution in [0.5, 0.6) is 0 Å². The first-order chi connectivity index (χ1) is 14.3. The summed E-state index contributed by atoms with van der Waals surface area (Å²) >= 11 is 6.07. The topological polar surface area (TPSA) is 74.0 Å². The Balaban J connectivity index is 1.66. The van der Waals surface area contributed by atoms with E-state index in [0.717, 1.165) is 29.8 Å². The van der Waals surface area contributed by atoms with Gasteiger partial charge >= 0.3 is 6.03 Å². The van der Waals surface area contributed by atoms with Crippen LogP contribution in [0.2, 0.25) is 5.02 Å². The summed E-state index contributed by atoms with van der Waals surface area (Å²) < 4.78 is 1.80. The van der Waals surface area contributed by atoms with Crippen molar-refractivity contribution >= 4 is 29.5 Å². The van der Waals surface area contributed by atoms with Gasteiger partial charge in [0.05, 0.1) is 12.2 Å². The van der Waals surface area contributed by atoms with E-state index in [1.54, 1.807) is 29.9 Å². The van der Waals surface area contributed by atoms with Gasteiger partial charge in [-0.25, -0.2) is 14.5 Å². The molecule has 2 aromatic rings. The minimum atomic E-state index is -0.596. The van der Waals surface area contributed by atoms with Crippen LogP contribution in [0.25, 0.3) is 0 Å². The molecule has 0 aliphatic carbocycles. The first-order valence-electron chi connectivity index (χ1n) is 10.1. The highest BCUT2D eigenvalue weighted by Gasteiger charge is 2.51. The molecule has 1 aromatic carbocycles. The van der Waals surface area contributed by atoms with Crippen LogP contribution < -0.4 is 0 Å². The zero-order valence-corrected chi connectivity index (χ0v) is 18.3. The fraction of sp³-hybridized carbons (Fsp3) is 0.429. The normalized spacial score (nSPS) is 21.4. The average Bonchev–Trinajstić information content (AvgIpc) is 3.30. The highest BCUT2D eigenvalue weighted by atomic mass is 35.5. The van der Waals surface area contributed by atoms with Gasteiger partial charge in [0.15, 0.2) is 12.2 Å². The summed E-state index contributed by atoms with van der Waals surface area (Å²) in [7, 11) is 3.51. The standard InChI is InChI=1S/C21H25ClN6O2/c1-5-15-11-16(6-2)28(24-15)20-23-18-17(25(20)3)19(29)27(21(30)26(18)4)12-13-8-7-9-14(22)10-13/h7-11,17-18H,5-6,12H2,1-4H3. The molecule has 1 aromatic heterocycles. The largest absolute Gasteiger partial charge is 0.328 e. The van der Waals surface area contributed by atoms with Crippen LogP contribution in [0, 0.1) is 0 Å². The Labute approximate surface area is 180 Å². The van der Waals surface area contributed by atoms with Crippen molar-refractivity contribution in [1.29, 1.82) is 0 Å². The van der Waals surface area contributed by atoms with E-state index >= 15 is 0 Å². The van der Waals surface area contributed by atoms with E-state index in [9.17, 15) is 9.59 Å². The average molecular weight is 429 g/mol.